The fraction of sp³-hybridized carbons (Fsp3) is 0.440. The third-order valence-corrected chi connectivity index (χ3v) is 8.62. The highest BCUT2D eigenvalue weighted by atomic mass is 32.2. The van der Waals surface area contributed by atoms with Crippen LogP contribution in [0.5, 0.6) is 5.75 Å². The van der Waals surface area contributed by atoms with Gasteiger partial charge in [0, 0.05) is 17.4 Å². The molecule has 3 aromatic rings. The summed E-state index contributed by atoms with van der Waals surface area (Å²) >= 11 is 1.18. The number of aromatic nitrogens is 1. The Morgan fingerprint density at radius 2 is 1.82 bits per heavy atom. The SMILES string of the molecule is CC(C)CC(c1c(O)c2c(oc1=O)CCCCCC2)N(c1ccccc1)S(=O)(=O)c1cscn1. The molecule has 1 unspecified atom stereocenters. The zero-order valence-corrected chi connectivity index (χ0v) is 21.1. The standard InChI is InChI=1S/C25H30N2O5S2/c1-17(2)14-20(23-24(28)19-12-8-3-4-9-13-21(19)32-25(23)29)27(18-10-6-5-7-11-18)34(30,31)22-15-33-16-26-22/h5-7,10-11,15-17,20,28H,3-4,8-9,12-14H2,1-2H3. The first-order valence-electron chi connectivity index (χ1n) is 11.7. The Hall–Kier alpha value is -2.65. The number of hydrogen-bond acceptors (Lipinski definition) is 7. The van der Waals surface area contributed by atoms with Crippen molar-refractivity contribution in [2.45, 2.75) is 69.9 Å². The van der Waals surface area contributed by atoms with Crippen LogP contribution in [0.15, 0.2) is 55.5 Å². The van der Waals surface area contributed by atoms with Crippen molar-refractivity contribution in [3.05, 3.63) is 68.5 Å². The summed E-state index contributed by atoms with van der Waals surface area (Å²) in [5.74, 6) is 0.415. The van der Waals surface area contributed by atoms with Crippen LogP contribution in [0.4, 0.5) is 5.69 Å². The zero-order chi connectivity index (χ0) is 24.3. The van der Waals surface area contributed by atoms with Crippen LogP contribution in [-0.2, 0) is 22.9 Å². The van der Waals surface area contributed by atoms with Crippen molar-refractivity contribution in [2.75, 3.05) is 4.31 Å². The van der Waals surface area contributed by atoms with Crippen LogP contribution in [0.1, 0.15) is 68.9 Å². The molecule has 0 amide bonds. The van der Waals surface area contributed by atoms with Gasteiger partial charge in [0.05, 0.1) is 17.2 Å². The van der Waals surface area contributed by atoms with Crippen LogP contribution >= 0.6 is 11.3 Å². The first-order chi connectivity index (χ1) is 16.3. The number of fused-ring (bicyclic) bond motifs is 1. The molecule has 9 heteroatoms. The van der Waals surface area contributed by atoms with Gasteiger partial charge in [0.15, 0.2) is 5.03 Å². The van der Waals surface area contributed by atoms with Crippen molar-refractivity contribution in [2.24, 2.45) is 5.92 Å². The molecule has 4 rings (SSSR count). The van der Waals surface area contributed by atoms with Crippen LogP contribution in [0.2, 0.25) is 0 Å². The molecule has 2 heterocycles. The fourth-order valence-corrected chi connectivity index (χ4v) is 7.03. The third kappa shape index (κ3) is 4.90. The Bertz CT molecular complexity index is 1270. The van der Waals surface area contributed by atoms with Crippen molar-refractivity contribution in [3.63, 3.8) is 0 Å². The number of nitrogens with zero attached hydrogens (tertiary/aromatic N) is 2. The van der Waals surface area contributed by atoms with Crippen LogP contribution < -0.4 is 9.93 Å². The number of benzene rings is 1. The minimum absolute atomic E-state index is 0.00400. The number of thiazole rings is 1. The third-order valence-electron chi connectivity index (χ3n) is 6.15. The second kappa shape index (κ2) is 10.3. The van der Waals surface area contributed by atoms with Gasteiger partial charge in [0.25, 0.3) is 10.0 Å². The van der Waals surface area contributed by atoms with E-state index < -0.39 is 21.7 Å². The lowest BCUT2D eigenvalue weighted by molar-refractivity contribution is 0.373. The van der Waals surface area contributed by atoms with Gasteiger partial charge in [-0.05, 0) is 43.7 Å². The molecule has 0 aliphatic heterocycles. The molecule has 0 spiro atoms. The Kier molecular flexibility index (Phi) is 7.42. The van der Waals surface area contributed by atoms with Crippen LogP contribution in [0, 0.1) is 5.92 Å². The maximum Gasteiger partial charge on any atom is 0.345 e. The highest BCUT2D eigenvalue weighted by molar-refractivity contribution is 7.92. The summed E-state index contributed by atoms with van der Waals surface area (Å²) < 4.78 is 34.7. The number of aryl methyl sites for hydroxylation is 1. The Morgan fingerprint density at radius 3 is 2.47 bits per heavy atom. The van der Waals surface area contributed by atoms with E-state index >= 15 is 0 Å². The molecule has 182 valence electrons. The Balaban J connectivity index is 1.96. The molecule has 1 aliphatic carbocycles. The highest BCUT2D eigenvalue weighted by Crippen LogP contribution is 2.41. The number of sulfonamides is 1. The van der Waals surface area contributed by atoms with Gasteiger partial charge in [-0.25, -0.2) is 9.78 Å². The topological polar surface area (TPSA) is 101 Å². The lowest BCUT2D eigenvalue weighted by Gasteiger charge is -2.33. The molecule has 0 saturated carbocycles. The molecule has 0 bridgehead atoms. The fourth-order valence-electron chi connectivity index (χ4n) is 4.58. The van der Waals surface area contributed by atoms with E-state index in [0.29, 0.717) is 36.3 Å². The number of hydrogen-bond donors (Lipinski definition) is 1. The second-order valence-corrected chi connectivity index (χ2v) is 11.6. The van der Waals surface area contributed by atoms with Crippen molar-refractivity contribution in [1.82, 2.24) is 4.98 Å². The molecule has 0 saturated heterocycles. The summed E-state index contributed by atoms with van der Waals surface area (Å²) in [5, 5.41) is 12.8. The van der Waals surface area contributed by atoms with Crippen LogP contribution in [0.25, 0.3) is 0 Å². The quantitative estimate of drug-likeness (QED) is 0.461. The normalized spacial score (nSPS) is 15.4. The van der Waals surface area contributed by atoms with E-state index in [4.69, 9.17) is 4.42 Å². The van der Waals surface area contributed by atoms with Crippen molar-refractivity contribution < 1.29 is 17.9 Å². The maximum absolute atomic E-state index is 13.9. The Morgan fingerprint density at radius 1 is 1.12 bits per heavy atom. The van der Waals surface area contributed by atoms with E-state index in [-0.39, 0.29) is 22.3 Å². The van der Waals surface area contributed by atoms with E-state index in [2.05, 4.69) is 4.98 Å². The molecule has 2 aromatic heterocycles. The van der Waals surface area contributed by atoms with Crippen molar-refractivity contribution >= 4 is 27.0 Å². The summed E-state index contributed by atoms with van der Waals surface area (Å²) in [7, 11) is -4.13. The Labute approximate surface area is 204 Å². The summed E-state index contributed by atoms with van der Waals surface area (Å²) in [6.07, 6.45) is 5.35. The molecule has 0 radical (unpaired) electrons. The predicted octanol–water partition coefficient (Wildman–Crippen LogP) is 5.44. The molecule has 0 fully saturated rings. The van der Waals surface area contributed by atoms with Gasteiger partial charge in [-0.2, -0.15) is 8.42 Å². The lowest BCUT2D eigenvalue weighted by atomic mass is 9.92. The number of anilines is 1. The molecular weight excluding hydrogens is 472 g/mol. The van der Waals surface area contributed by atoms with Gasteiger partial charge in [-0.3, -0.25) is 4.31 Å². The van der Waals surface area contributed by atoms with Gasteiger partial charge in [-0.1, -0.05) is 44.9 Å². The van der Waals surface area contributed by atoms with Gasteiger partial charge >= 0.3 is 5.63 Å². The van der Waals surface area contributed by atoms with Gasteiger partial charge in [0.1, 0.15) is 17.1 Å². The summed E-state index contributed by atoms with van der Waals surface area (Å²) in [4.78, 5) is 17.4. The van der Waals surface area contributed by atoms with Crippen LogP contribution in [0.3, 0.4) is 0 Å². The molecular formula is C25H30N2O5S2. The summed E-state index contributed by atoms with van der Waals surface area (Å²) in [6, 6.07) is 7.70. The van der Waals surface area contributed by atoms with Crippen molar-refractivity contribution in [1.29, 1.82) is 0 Å². The highest BCUT2D eigenvalue weighted by Gasteiger charge is 2.38. The summed E-state index contributed by atoms with van der Waals surface area (Å²) in [6.45, 7) is 3.91. The van der Waals surface area contributed by atoms with E-state index in [1.165, 1.54) is 26.5 Å². The van der Waals surface area contributed by atoms with E-state index in [9.17, 15) is 18.3 Å². The molecule has 34 heavy (non-hydrogen) atoms. The maximum atomic E-state index is 13.9. The van der Waals surface area contributed by atoms with Crippen molar-refractivity contribution in [3.8, 4) is 5.75 Å². The number of rotatable bonds is 7. The minimum atomic E-state index is -4.13. The molecule has 1 aliphatic rings. The molecule has 1 aromatic carbocycles. The molecule has 1 N–H and O–H groups in total. The largest absolute Gasteiger partial charge is 0.507 e. The molecule has 7 nitrogen and oxygen atoms in total. The van der Waals surface area contributed by atoms with E-state index in [1.807, 2.05) is 13.8 Å². The smallest absolute Gasteiger partial charge is 0.345 e. The zero-order valence-electron chi connectivity index (χ0n) is 19.4. The average molecular weight is 503 g/mol. The van der Waals surface area contributed by atoms with Gasteiger partial charge < -0.3 is 9.52 Å². The van der Waals surface area contributed by atoms with E-state index in [1.54, 1.807) is 30.3 Å². The predicted molar refractivity (Wildman–Crippen MR) is 133 cm³/mol. The second-order valence-electron chi connectivity index (χ2n) is 9.08. The van der Waals surface area contributed by atoms with Gasteiger partial charge in [-0.15, -0.1) is 11.3 Å². The van der Waals surface area contributed by atoms with E-state index in [0.717, 1.165) is 25.7 Å². The lowest BCUT2D eigenvalue weighted by Crippen LogP contribution is -2.38. The summed E-state index contributed by atoms with van der Waals surface area (Å²) in [5.41, 5.74) is 1.80. The van der Waals surface area contributed by atoms with Gasteiger partial charge in [0.2, 0.25) is 0 Å². The molecule has 1 atom stereocenters. The first-order valence-corrected chi connectivity index (χ1v) is 14.0. The minimum Gasteiger partial charge on any atom is -0.507 e. The van der Waals surface area contributed by atoms with Crippen LogP contribution in [-0.4, -0.2) is 18.5 Å². The monoisotopic (exact) mass is 502 g/mol. The first kappa shape index (κ1) is 24.5. The number of para-hydroxylation sites is 1. The number of aromatic hydroxyl groups is 1. The average Bonchev–Trinajstić information content (AvgIpc) is 3.31.